The van der Waals surface area contributed by atoms with Gasteiger partial charge in [0.05, 0.1) is 11.7 Å². The van der Waals surface area contributed by atoms with Gasteiger partial charge in [-0.3, -0.25) is 0 Å². The third-order valence-electron chi connectivity index (χ3n) is 5.46. The van der Waals surface area contributed by atoms with Crippen molar-refractivity contribution in [3.8, 4) is 5.75 Å². The Morgan fingerprint density at radius 1 is 0.919 bits per heavy atom. The van der Waals surface area contributed by atoms with Gasteiger partial charge in [-0.15, -0.1) is 0 Å². The second-order valence-electron chi connectivity index (χ2n) is 8.46. The van der Waals surface area contributed by atoms with Crippen LogP contribution in [0.25, 0.3) is 0 Å². The lowest BCUT2D eigenvalue weighted by Crippen LogP contribution is -2.32. The number of hydrogen-bond acceptors (Lipinski definition) is 4. The molecule has 37 heavy (non-hydrogen) atoms. The van der Waals surface area contributed by atoms with Gasteiger partial charge in [-0.1, -0.05) is 49.7 Å². The Balaban J connectivity index is 1.82. The van der Waals surface area contributed by atoms with Crippen LogP contribution in [0.2, 0.25) is 0 Å². The Morgan fingerprint density at radius 2 is 1.65 bits per heavy atom. The third-order valence-corrected chi connectivity index (χ3v) is 6.30. The molecule has 0 bridgehead atoms. The normalized spacial score (nSPS) is 12.9. The van der Waals surface area contributed by atoms with Crippen molar-refractivity contribution in [2.24, 2.45) is 0 Å². The molecule has 0 saturated heterocycles. The summed E-state index contributed by atoms with van der Waals surface area (Å²) < 4.78 is 84.0. The average Bonchev–Trinajstić information content (AvgIpc) is 2.82. The van der Waals surface area contributed by atoms with E-state index in [-0.39, 0.29) is 36.4 Å². The maximum Gasteiger partial charge on any atom is 0.446 e. The number of thioether (sulfide) groups is 1. The minimum Gasteiger partial charge on any atom is -0.489 e. The number of rotatable bonds is 11. The maximum absolute atomic E-state index is 13.1. The summed E-state index contributed by atoms with van der Waals surface area (Å²) in [6, 6.07) is 17.8. The predicted octanol–water partition coefficient (Wildman–Crippen LogP) is 8.06. The van der Waals surface area contributed by atoms with Crippen LogP contribution in [0.15, 0.2) is 77.7 Å². The first-order valence-corrected chi connectivity index (χ1v) is 12.4. The van der Waals surface area contributed by atoms with Crippen molar-refractivity contribution in [1.29, 1.82) is 0 Å². The molecule has 0 aliphatic heterocycles. The van der Waals surface area contributed by atoms with Crippen LogP contribution in [0.1, 0.15) is 36.5 Å². The summed E-state index contributed by atoms with van der Waals surface area (Å²) in [5.74, 6) is 0.378. The minimum absolute atomic E-state index is 0.0712. The fraction of sp³-hybridized carbons (Fsp3) is 0.333. The summed E-state index contributed by atoms with van der Waals surface area (Å²) in [7, 11) is 0. The quantitative estimate of drug-likeness (QED) is 0.196. The van der Waals surface area contributed by atoms with Gasteiger partial charge in [0.25, 0.3) is 0 Å². The predicted molar refractivity (Wildman–Crippen MR) is 133 cm³/mol. The van der Waals surface area contributed by atoms with Gasteiger partial charge in [0.2, 0.25) is 0 Å². The van der Waals surface area contributed by atoms with E-state index in [9.17, 15) is 31.4 Å². The molecular weight excluding hydrogens is 516 g/mol. The SMILES string of the molecule is CCCC(O)CN(Cc1ccccc1SC(F)(F)F)c1cccc(OCc2cccc(C(F)(F)F)c2)c1. The molecule has 1 atom stereocenters. The fourth-order valence-corrected chi connectivity index (χ4v) is 4.44. The van der Waals surface area contributed by atoms with Gasteiger partial charge in [-0.2, -0.15) is 26.3 Å². The van der Waals surface area contributed by atoms with Crippen LogP contribution in [0.3, 0.4) is 0 Å². The highest BCUT2D eigenvalue weighted by Crippen LogP contribution is 2.39. The third kappa shape index (κ3) is 9.19. The lowest BCUT2D eigenvalue weighted by molar-refractivity contribution is -0.137. The number of hydrogen-bond donors (Lipinski definition) is 1. The van der Waals surface area contributed by atoms with E-state index in [0.717, 1.165) is 18.6 Å². The molecule has 1 unspecified atom stereocenters. The highest BCUT2D eigenvalue weighted by molar-refractivity contribution is 8.00. The van der Waals surface area contributed by atoms with Crippen molar-refractivity contribution in [2.45, 2.75) is 55.6 Å². The van der Waals surface area contributed by atoms with Crippen LogP contribution in [0.5, 0.6) is 5.75 Å². The summed E-state index contributed by atoms with van der Waals surface area (Å²) in [5, 5.41) is 10.5. The summed E-state index contributed by atoms with van der Waals surface area (Å²) in [6.07, 6.45) is -3.92. The molecule has 0 heterocycles. The molecule has 0 aromatic heterocycles. The van der Waals surface area contributed by atoms with E-state index in [1.165, 1.54) is 24.3 Å². The lowest BCUT2D eigenvalue weighted by Gasteiger charge is -2.28. The Kier molecular flexibility index (Phi) is 9.78. The Morgan fingerprint density at radius 3 is 2.35 bits per heavy atom. The van der Waals surface area contributed by atoms with E-state index in [1.807, 2.05) is 6.92 Å². The number of benzene rings is 3. The smallest absolute Gasteiger partial charge is 0.446 e. The van der Waals surface area contributed by atoms with Gasteiger partial charge < -0.3 is 14.7 Å². The molecule has 3 aromatic rings. The van der Waals surface area contributed by atoms with E-state index >= 15 is 0 Å². The second kappa shape index (κ2) is 12.6. The van der Waals surface area contributed by atoms with E-state index in [0.29, 0.717) is 29.0 Å². The van der Waals surface area contributed by atoms with Crippen LogP contribution in [-0.4, -0.2) is 23.3 Å². The van der Waals surface area contributed by atoms with E-state index < -0.39 is 23.4 Å². The van der Waals surface area contributed by atoms with Crippen LogP contribution in [0, 0.1) is 0 Å². The van der Waals surface area contributed by atoms with E-state index in [1.54, 1.807) is 41.3 Å². The number of nitrogens with zero attached hydrogens (tertiary/aromatic N) is 1. The number of alkyl halides is 6. The summed E-state index contributed by atoms with van der Waals surface area (Å²) >= 11 is -0.189. The first kappa shape index (κ1) is 28.7. The highest BCUT2D eigenvalue weighted by atomic mass is 32.2. The largest absolute Gasteiger partial charge is 0.489 e. The number of aliphatic hydroxyl groups excluding tert-OH is 1. The molecule has 200 valence electrons. The molecule has 0 amide bonds. The first-order valence-electron chi connectivity index (χ1n) is 11.6. The molecule has 3 rings (SSSR count). The molecule has 0 aliphatic rings. The molecule has 0 spiro atoms. The van der Waals surface area contributed by atoms with Gasteiger partial charge in [-0.05, 0) is 59.6 Å². The molecule has 3 aromatic carbocycles. The first-order chi connectivity index (χ1) is 17.4. The van der Waals surface area contributed by atoms with Crippen LogP contribution < -0.4 is 9.64 Å². The van der Waals surface area contributed by atoms with Gasteiger partial charge >= 0.3 is 11.7 Å². The van der Waals surface area contributed by atoms with Gasteiger partial charge in [-0.25, -0.2) is 0 Å². The van der Waals surface area contributed by atoms with Gasteiger partial charge in [0, 0.05) is 29.7 Å². The monoisotopic (exact) mass is 543 g/mol. The van der Waals surface area contributed by atoms with Crippen molar-refractivity contribution in [1.82, 2.24) is 0 Å². The maximum atomic E-state index is 13.1. The number of anilines is 1. The molecule has 3 nitrogen and oxygen atoms in total. The Bertz CT molecular complexity index is 1150. The van der Waals surface area contributed by atoms with Crippen molar-refractivity contribution in [3.05, 3.63) is 89.5 Å². The molecule has 10 heteroatoms. The fourth-order valence-electron chi connectivity index (χ4n) is 3.78. The zero-order valence-electron chi connectivity index (χ0n) is 20.0. The van der Waals surface area contributed by atoms with Crippen molar-refractivity contribution >= 4 is 17.4 Å². The molecular formula is C27H27F6NO2S. The summed E-state index contributed by atoms with van der Waals surface area (Å²) in [6.45, 7) is 2.11. The number of halogens is 6. The van der Waals surface area contributed by atoms with Crippen LogP contribution >= 0.6 is 11.8 Å². The van der Waals surface area contributed by atoms with Crippen molar-refractivity contribution in [3.63, 3.8) is 0 Å². The highest BCUT2D eigenvalue weighted by Gasteiger charge is 2.31. The van der Waals surface area contributed by atoms with Crippen LogP contribution in [-0.2, 0) is 19.3 Å². The molecule has 0 radical (unpaired) electrons. The standard InChI is InChI=1S/C27H27F6NO2S/c1-2-7-23(35)17-34(16-20-9-3-4-13-25(20)37-27(31,32)33)22-11-6-12-24(15-22)36-18-19-8-5-10-21(14-19)26(28,29)30/h3-6,8-15,23,35H,2,7,16-18H2,1H3. The average molecular weight is 544 g/mol. The van der Waals surface area contributed by atoms with Gasteiger partial charge in [0.15, 0.2) is 0 Å². The number of aliphatic hydroxyl groups is 1. The van der Waals surface area contributed by atoms with Crippen molar-refractivity contribution < 1.29 is 36.2 Å². The zero-order chi connectivity index (χ0) is 27.1. The Hall–Kier alpha value is -2.85. The summed E-state index contributed by atoms with van der Waals surface area (Å²) in [5.41, 5.74) is -3.82. The molecule has 0 fully saturated rings. The molecule has 0 saturated carbocycles. The summed E-state index contributed by atoms with van der Waals surface area (Å²) in [4.78, 5) is 1.84. The van der Waals surface area contributed by atoms with Gasteiger partial charge in [0.1, 0.15) is 12.4 Å². The lowest BCUT2D eigenvalue weighted by atomic mass is 10.1. The van der Waals surface area contributed by atoms with Crippen LogP contribution in [0.4, 0.5) is 32.0 Å². The van der Waals surface area contributed by atoms with E-state index in [2.05, 4.69) is 0 Å². The number of ether oxygens (including phenoxy) is 1. The topological polar surface area (TPSA) is 32.7 Å². The molecule has 1 N–H and O–H groups in total. The molecule has 0 aliphatic carbocycles. The van der Waals surface area contributed by atoms with E-state index in [4.69, 9.17) is 4.74 Å². The zero-order valence-corrected chi connectivity index (χ0v) is 20.8. The Labute approximate surface area is 216 Å². The van der Waals surface area contributed by atoms with Crippen molar-refractivity contribution in [2.75, 3.05) is 11.4 Å². The minimum atomic E-state index is -4.46. The second-order valence-corrected chi connectivity index (χ2v) is 9.57.